The SMILES string of the molecule is O=C1S/C(=C\c2cccc([N+](=O)[O-])c2O)C(=O)N1Cc1ccc(Cl)cc1Cl. The third-order valence-corrected chi connectivity index (χ3v) is 5.24. The van der Waals surface area contributed by atoms with Crippen molar-refractivity contribution in [1.82, 2.24) is 4.90 Å². The molecule has 10 heteroatoms. The molecule has 0 bridgehead atoms. The van der Waals surface area contributed by atoms with Crippen molar-refractivity contribution < 1.29 is 19.6 Å². The van der Waals surface area contributed by atoms with Crippen LogP contribution in [0, 0.1) is 10.1 Å². The van der Waals surface area contributed by atoms with Crippen LogP contribution >= 0.6 is 35.0 Å². The zero-order valence-corrected chi connectivity index (χ0v) is 15.7. The summed E-state index contributed by atoms with van der Waals surface area (Å²) in [5, 5.41) is 21.1. The molecular formula is C17H10Cl2N2O5S. The molecule has 0 aliphatic carbocycles. The third kappa shape index (κ3) is 3.92. The van der Waals surface area contributed by atoms with Gasteiger partial charge in [0.05, 0.1) is 16.4 Å². The molecule has 7 nitrogen and oxygen atoms in total. The van der Waals surface area contributed by atoms with Gasteiger partial charge in [0.15, 0.2) is 0 Å². The molecule has 1 N–H and O–H groups in total. The Morgan fingerprint density at radius 3 is 2.63 bits per heavy atom. The lowest BCUT2D eigenvalue weighted by Gasteiger charge is -2.13. The highest BCUT2D eigenvalue weighted by Crippen LogP contribution is 2.37. The van der Waals surface area contributed by atoms with E-state index in [9.17, 15) is 24.8 Å². The lowest BCUT2D eigenvalue weighted by atomic mass is 10.1. The Kier molecular flexibility index (Phi) is 5.41. The predicted molar refractivity (Wildman–Crippen MR) is 103 cm³/mol. The molecule has 1 saturated heterocycles. The average Bonchev–Trinajstić information content (AvgIpc) is 2.86. The largest absolute Gasteiger partial charge is 0.502 e. The number of imide groups is 1. The number of carbonyl (C=O) groups excluding carboxylic acids is 2. The standard InChI is InChI=1S/C17H10Cl2N2O5S/c18-11-5-4-10(12(19)7-11)8-20-16(23)14(27-17(20)24)6-9-2-1-3-13(15(9)22)21(25)26/h1-7,22H,8H2/b14-6-. The summed E-state index contributed by atoms with van der Waals surface area (Å²) in [4.78, 5) is 36.0. The predicted octanol–water partition coefficient (Wildman–Crippen LogP) is 4.84. The van der Waals surface area contributed by atoms with Crippen molar-refractivity contribution >= 4 is 57.9 Å². The first-order valence-corrected chi connectivity index (χ1v) is 9.01. The molecule has 0 aromatic heterocycles. The Morgan fingerprint density at radius 1 is 1.22 bits per heavy atom. The van der Waals surface area contributed by atoms with Crippen molar-refractivity contribution in [1.29, 1.82) is 0 Å². The number of nitro benzene ring substituents is 1. The Balaban J connectivity index is 1.89. The van der Waals surface area contributed by atoms with E-state index in [0.717, 1.165) is 11.0 Å². The van der Waals surface area contributed by atoms with Crippen LogP contribution in [0.2, 0.25) is 10.0 Å². The van der Waals surface area contributed by atoms with E-state index in [1.54, 1.807) is 12.1 Å². The van der Waals surface area contributed by atoms with Gasteiger partial charge in [0, 0.05) is 21.7 Å². The zero-order chi connectivity index (χ0) is 19.7. The normalized spacial score (nSPS) is 15.6. The summed E-state index contributed by atoms with van der Waals surface area (Å²) in [7, 11) is 0. The van der Waals surface area contributed by atoms with E-state index in [0.29, 0.717) is 27.4 Å². The van der Waals surface area contributed by atoms with Crippen molar-refractivity contribution in [3.05, 3.63) is 72.6 Å². The van der Waals surface area contributed by atoms with Crippen molar-refractivity contribution in [3.63, 3.8) is 0 Å². The van der Waals surface area contributed by atoms with Crippen molar-refractivity contribution in [2.75, 3.05) is 0 Å². The van der Waals surface area contributed by atoms with Gasteiger partial charge in [-0.15, -0.1) is 0 Å². The molecule has 3 rings (SSSR count). The Morgan fingerprint density at radius 2 is 1.96 bits per heavy atom. The van der Waals surface area contributed by atoms with Crippen LogP contribution in [0.1, 0.15) is 11.1 Å². The van der Waals surface area contributed by atoms with Gasteiger partial charge in [0.2, 0.25) is 5.75 Å². The van der Waals surface area contributed by atoms with Crippen LogP contribution in [0.3, 0.4) is 0 Å². The first-order chi connectivity index (χ1) is 12.8. The number of hydrogen-bond donors (Lipinski definition) is 1. The van der Waals surface area contributed by atoms with Crippen molar-refractivity contribution in [2.24, 2.45) is 0 Å². The number of para-hydroxylation sites is 1. The molecule has 2 aromatic carbocycles. The third-order valence-electron chi connectivity index (χ3n) is 3.75. The highest BCUT2D eigenvalue weighted by molar-refractivity contribution is 8.18. The summed E-state index contributed by atoms with van der Waals surface area (Å²) in [5.41, 5.74) is 0.123. The molecule has 27 heavy (non-hydrogen) atoms. The zero-order valence-electron chi connectivity index (χ0n) is 13.4. The van der Waals surface area contributed by atoms with Gasteiger partial charge in [-0.2, -0.15) is 0 Å². The molecule has 138 valence electrons. The quantitative estimate of drug-likeness (QED) is 0.427. The van der Waals surface area contributed by atoms with E-state index in [2.05, 4.69) is 0 Å². The summed E-state index contributed by atoms with van der Waals surface area (Å²) in [5.74, 6) is -1.16. The number of aromatic hydroxyl groups is 1. The molecule has 1 aliphatic rings. The van der Waals surface area contributed by atoms with Gasteiger partial charge < -0.3 is 5.11 Å². The van der Waals surface area contributed by atoms with Gasteiger partial charge in [0.25, 0.3) is 11.1 Å². The van der Waals surface area contributed by atoms with E-state index in [1.807, 2.05) is 0 Å². The number of amides is 2. The number of carbonyl (C=O) groups is 2. The number of benzene rings is 2. The van der Waals surface area contributed by atoms with Crippen molar-refractivity contribution in [2.45, 2.75) is 6.54 Å². The van der Waals surface area contributed by atoms with Crippen LogP contribution in [0.15, 0.2) is 41.3 Å². The van der Waals surface area contributed by atoms with Crippen LogP contribution in [0.4, 0.5) is 10.5 Å². The van der Waals surface area contributed by atoms with E-state index < -0.39 is 27.5 Å². The number of thioether (sulfide) groups is 1. The average molecular weight is 425 g/mol. The second-order valence-corrected chi connectivity index (χ2v) is 7.31. The van der Waals surface area contributed by atoms with E-state index in [4.69, 9.17) is 23.2 Å². The van der Waals surface area contributed by atoms with Gasteiger partial charge in [-0.3, -0.25) is 24.6 Å². The first-order valence-electron chi connectivity index (χ1n) is 7.43. The molecule has 0 saturated carbocycles. The number of nitrogens with zero attached hydrogens (tertiary/aromatic N) is 2. The van der Waals surface area contributed by atoms with Crippen molar-refractivity contribution in [3.8, 4) is 5.75 Å². The summed E-state index contributed by atoms with van der Waals surface area (Å²) >= 11 is 12.6. The second kappa shape index (κ2) is 7.59. The number of phenolic OH excluding ortho intramolecular Hbond substituents is 1. The lowest BCUT2D eigenvalue weighted by Crippen LogP contribution is -2.27. The maximum absolute atomic E-state index is 12.6. The molecule has 2 amide bonds. The molecule has 0 spiro atoms. The van der Waals surface area contributed by atoms with Gasteiger partial charge in [0.1, 0.15) is 0 Å². The van der Waals surface area contributed by atoms with Crippen LogP contribution in [-0.2, 0) is 11.3 Å². The Bertz CT molecular complexity index is 1010. The van der Waals surface area contributed by atoms with E-state index >= 15 is 0 Å². The van der Waals surface area contributed by atoms with Crippen LogP contribution in [0.25, 0.3) is 6.08 Å². The molecule has 2 aromatic rings. The van der Waals surface area contributed by atoms with Gasteiger partial charge in [-0.1, -0.05) is 41.4 Å². The molecule has 1 aliphatic heterocycles. The Labute approximate surface area is 167 Å². The van der Waals surface area contributed by atoms with E-state index in [1.165, 1.54) is 24.3 Å². The highest BCUT2D eigenvalue weighted by Gasteiger charge is 2.35. The van der Waals surface area contributed by atoms with Gasteiger partial charge >= 0.3 is 5.69 Å². The molecular weight excluding hydrogens is 415 g/mol. The fourth-order valence-corrected chi connectivity index (χ4v) is 3.71. The minimum absolute atomic E-state index is 0.0425. The Hall–Kier alpha value is -2.55. The van der Waals surface area contributed by atoms with Crippen LogP contribution < -0.4 is 0 Å². The summed E-state index contributed by atoms with van der Waals surface area (Å²) in [6, 6.07) is 8.64. The van der Waals surface area contributed by atoms with Gasteiger partial charge in [-0.05, 0) is 35.5 Å². The first kappa shape index (κ1) is 19.2. The van der Waals surface area contributed by atoms with E-state index in [-0.39, 0.29) is 17.0 Å². The number of halogens is 2. The maximum atomic E-state index is 12.6. The number of phenols is 1. The van der Waals surface area contributed by atoms with Crippen LogP contribution in [-0.4, -0.2) is 26.1 Å². The summed E-state index contributed by atoms with van der Waals surface area (Å²) in [6.07, 6.45) is 1.25. The number of hydrogen-bond acceptors (Lipinski definition) is 6. The monoisotopic (exact) mass is 424 g/mol. The summed E-state index contributed by atoms with van der Waals surface area (Å²) < 4.78 is 0. The lowest BCUT2D eigenvalue weighted by molar-refractivity contribution is -0.385. The minimum atomic E-state index is -0.735. The topological polar surface area (TPSA) is 101 Å². The number of rotatable bonds is 4. The fourth-order valence-electron chi connectivity index (χ4n) is 2.41. The molecule has 0 atom stereocenters. The molecule has 0 radical (unpaired) electrons. The number of nitro groups is 1. The second-order valence-electron chi connectivity index (χ2n) is 5.48. The smallest absolute Gasteiger partial charge is 0.311 e. The van der Waals surface area contributed by atoms with Gasteiger partial charge in [-0.25, -0.2) is 0 Å². The minimum Gasteiger partial charge on any atom is -0.502 e. The fraction of sp³-hybridized carbons (Fsp3) is 0.0588. The molecule has 1 heterocycles. The highest BCUT2D eigenvalue weighted by atomic mass is 35.5. The van der Waals surface area contributed by atoms with Crippen LogP contribution in [0.5, 0.6) is 5.75 Å². The molecule has 1 fully saturated rings. The maximum Gasteiger partial charge on any atom is 0.311 e. The molecule has 0 unspecified atom stereocenters. The summed E-state index contributed by atoms with van der Waals surface area (Å²) in [6.45, 7) is -0.0427.